The maximum Gasteiger partial charge on any atom is 0.408 e. The Morgan fingerprint density at radius 2 is 1.81 bits per heavy atom. The second-order valence-electron chi connectivity index (χ2n) is 10.4. The van der Waals surface area contributed by atoms with E-state index in [-0.39, 0.29) is 17.5 Å². The zero-order chi connectivity index (χ0) is 26.6. The molecule has 11 heteroatoms. The van der Waals surface area contributed by atoms with Crippen LogP contribution < -0.4 is 10.2 Å². The molecule has 0 saturated carbocycles. The van der Waals surface area contributed by atoms with Gasteiger partial charge in [-0.1, -0.05) is 20.8 Å². The number of aryl methyl sites for hydroxylation is 1. The summed E-state index contributed by atoms with van der Waals surface area (Å²) in [5.74, 6) is -0.518. The predicted octanol–water partition coefficient (Wildman–Crippen LogP) is 5.09. The first-order valence-electron chi connectivity index (χ1n) is 11.3. The summed E-state index contributed by atoms with van der Waals surface area (Å²) in [6, 6.07) is 3.52. The number of amides is 2. The van der Waals surface area contributed by atoms with E-state index in [1.165, 1.54) is 17.3 Å². The van der Waals surface area contributed by atoms with Gasteiger partial charge < -0.3 is 5.32 Å². The van der Waals surface area contributed by atoms with E-state index in [0.29, 0.717) is 33.8 Å². The molecule has 0 unspecified atom stereocenters. The molecule has 1 aliphatic heterocycles. The van der Waals surface area contributed by atoms with Crippen LogP contribution in [0.1, 0.15) is 56.2 Å². The minimum absolute atomic E-state index is 0.159. The van der Waals surface area contributed by atoms with Crippen LogP contribution in [0.25, 0.3) is 11.3 Å². The smallest absolute Gasteiger partial charge is 0.324 e. The first-order valence-corrected chi connectivity index (χ1v) is 11.3. The van der Waals surface area contributed by atoms with E-state index in [0.717, 1.165) is 4.68 Å². The van der Waals surface area contributed by atoms with Gasteiger partial charge in [-0.3, -0.25) is 24.2 Å². The number of fused-ring (bicyclic) bond motifs is 1. The maximum atomic E-state index is 13.4. The van der Waals surface area contributed by atoms with E-state index >= 15 is 0 Å². The van der Waals surface area contributed by atoms with Crippen LogP contribution >= 0.6 is 0 Å². The summed E-state index contributed by atoms with van der Waals surface area (Å²) in [6.07, 6.45) is 1.18. The molecule has 4 rings (SSSR count). The minimum Gasteiger partial charge on any atom is -0.324 e. The summed E-state index contributed by atoms with van der Waals surface area (Å²) in [5, 5.41) is 6.63. The highest BCUT2D eigenvalue weighted by Crippen LogP contribution is 2.43. The number of nitrogens with zero attached hydrogens (tertiary/aromatic N) is 5. The number of alkyl halides is 3. The Balaban J connectivity index is 1.71. The summed E-state index contributed by atoms with van der Waals surface area (Å²) >= 11 is 0. The van der Waals surface area contributed by atoms with E-state index < -0.39 is 23.7 Å². The molecule has 3 aromatic rings. The highest BCUT2D eigenvalue weighted by Gasteiger charge is 2.47. The molecular formula is C25H27F3N6O2. The molecule has 4 heterocycles. The van der Waals surface area contributed by atoms with Gasteiger partial charge in [-0.2, -0.15) is 18.3 Å². The van der Waals surface area contributed by atoms with Gasteiger partial charge in [0.05, 0.1) is 46.3 Å². The quantitative estimate of drug-likeness (QED) is 0.539. The topological polar surface area (TPSA) is 93.0 Å². The first-order chi connectivity index (χ1) is 16.6. The number of nitrogens with one attached hydrogen (secondary N) is 1. The monoisotopic (exact) mass is 500 g/mol. The van der Waals surface area contributed by atoms with Gasteiger partial charge in [0.25, 0.3) is 5.91 Å². The summed E-state index contributed by atoms with van der Waals surface area (Å²) in [4.78, 5) is 36.2. The highest BCUT2D eigenvalue weighted by molar-refractivity contribution is 6.12. The van der Waals surface area contributed by atoms with Crippen LogP contribution in [0.3, 0.4) is 0 Å². The Kier molecular flexibility index (Phi) is 5.93. The predicted molar refractivity (Wildman–Crippen MR) is 128 cm³/mol. The van der Waals surface area contributed by atoms with Crippen molar-refractivity contribution in [2.75, 3.05) is 10.2 Å². The molecule has 1 N–H and O–H groups in total. The number of anilines is 2. The highest BCUT2D eigenvalue weighted by atomic mass is 19.4. The van der Waals surface area contributed by atoms with E-state index in [9.17, 15) is 22.8 Å². The summed E-state index contributed by atoms with van der Waals surface area (Å²) < 4.78 is 39.2. The van der Waals surface area contributed by atoms with E-state index in [1.807, 2.05) is 20.8 Å². The molecule has 0 saturated heterocycles. The molecule has 1 aliphatic rings. The fraction of sp³-hybridized carbons (Fsp3) is 0.400. The van der Waals surface area contributed by atoms with Crippen molar-refractivity contribution in [1.29, 1.82) is 0 Å². The second kappa shape index (κ2) is 8.42. The lowest BCUT2D eigenvalue weighted by Crippen LogP contribution is -2.39. The standard InChI is InChI=1S/C25H27F3N6O2/c1-14-7-18(15-8-16(10-29-9-15)31-22(36)23(2,3)4)32-20-19(14)21(35)34(24(20,5)6)17-11-30-33(12-17)13-25(26,27)28/h7-12H,13H2,1-6H3,(H,31,36). The van der Waals surface area contributed by atoms with Gasteiger partial charge in [-0.05, 0) is 38.5 Å². The molecule has 8 nitrogen and oxygen atoms in total. The third-order valence-electron chi connectivity index (χ3n) is 5.96. The number of pyridine rings is 2. The molecule has 0 aromatic carbocycles. The number of halogens is 3. The number of hydrogen-bond donors (Lipinski definition) is 1. The van der Waals surface area contributed by atoms with Gasteiger partial charge in [-0.15, -0.1) is 0 Å². The molecule has 0 atom stereocenters. The van der Waals surface area contributed by atoms with Crippen molar-refractivity contribution in [1.82, 2.24) is 19.7 Å². The zero-order valence-electron chi connectivity index (χ0n) is 20.9. The third kappa shape index (κ3) is 4.69. The van der Waals surface area contributed by atoms with Gasteiger partial charge >= 0.3 is 6.18 Å². The molecule has 2 amide bonds. The van der Waals surface area contributed by atoms with Crippen LogP contribution in [0.4, 0.5) is 24.5 Å². The van der Waals surface area contributed by atoms with Crippen molar-refractivity contribution in [2.24, 2.45) is 5.41 Å². The Morgan fingerprint density at radius 1 is 1.11 bits per heavy atom. The van der Waals surface area contributed by atoms with E-state index in [1.54, 1.807) is 45.3 Å². The maximum absolute atomic E-state index is 13.4. The Bertz CT molecular complexity index is 1350. The summed E-state index contributed by atoms with van der Waals surface area (Å²) in [6.45, 7) is 9.53. The molecule has 0 radical (unpaired) electrons. The lowest BCUT2D eigenvalue weighted by atomic mass is 9.95. The molecule has 3 aromatic heterocycles. The van der Waals surface area contributed by atoms with Crippen LogP contribution in [0.15, 0.2) is 36.9 Å². The van der Waals surface area contributed by atoms with E-state index in [4.69, 9.17) is 4.98 Å². The van der Waals surface area contributed by atoms with Crippen molar-refractivity contribution < 1.29 is 22.8 Å². The normalized spacial score (nSPS) is 15.2. The molecule has 36 heavy (non-hydrogen) atoms. The SMILES string of the molecule is Cc1cc(-c2cncc(NC(=O)C(C)(C)C)c2)nc2c1C(=O)N(c1cnn(CC(F)(F)F)c1)C2(C)C. The Labute approximate surface area is 206 Å². The Hall–Kier alpha value is -3.76. The molecule has 0 spiro atoms. The lowest BCUT2D eigenvalue weighted by molar-refractivity contribution is -0.142. The van der Waals surface area contributed by atoms with Gasteiger partial charge in [0.1, 0.15) is 6.54 Å². The van der Waals surface area contributed by atoms with E-state index in [2.05, 4.69) is 15.4 Å². The van der Waals surface area contributed by atoms with Crippen LogP contribution in [0, 0.1) is 12.3 Å². The number of rotatable bonds is 4. The number of hydrogen-bond acceptors (Lipinski definition) is 5. The first kappa shape index (κ1) is 25.3. The molecule has 0 fully saturated rings. The van der Waals surface area contributed by atoms with Gasteiger partial charge in [-0.25, -0.2) is 4.98 Å². The third-order valence-corrected chi connectivity index (χ3v) is 5.96. The summed E-state index contributed by atoms with van der Waals surface area (Å²) in [7, 11) is 0. The average molecular weight is 501 g/mol. The number of aromatic nitrogens is 4. The van der Waals surface area contributed by atoms with Gasteiger partial charge in [0, 0.05) is 23.4 Å². The molecule has 190 valence electrons. The van der Waals surface area contributed by atoms with Crippen molar-refractivity contribution in [3.63, 3.8) is 0 Å². The minimum atomic E-state index is -4.43. The summed E-state index contributed by atoms with van der Waals surface area (Å²) in [5.41, 5.74) is 2.00. The fourth-order valence-electron chi connectivity index (χ4n) is 4.15. The second-order valence-corrected chi connectivity index (χ2v) is 10.4. The van der Waals surface area contributed by atoms with Crippen LogP contribution in [0.2, 0.25) is 0 Å². The van der Waals surface area contributed by atoms with Gasteiger partial charge in [0.2, 0.25) is 5.91 Å². The fourth-order valence-corrected chi connectivity index (χ4v) is 4.15. The average Bonchev–Trinajstić information content (AvgIpc) is 3.25. The van der Waals surface area contributed by atoms with Crippen LogP contribution in [0.5, 0.6) is 0 Å². The van der Waals surface area contributed by atoms with Crippen molar-refractivity contribution in [3.8, 4) is 11.3 Å². The lowest BCUT2D eigenvalue weighted by Gasteiger charge is -2.30. The number of carbonyl (C=O) groups is 2. The van der Waals surface area contributed by atoms with Crippen molar-refractivity contribution in [3.05, 3.63) is 53.7 Å². The van der Waals surface area contributed by atoms with Crippen LogP contribution in [-0.4, -0.2) is 37.7 Å². The van der Waals surface area contributed by atoms with Crippen molar-refractivity contribution >= 4 is 23.2 Å². The molecule has 0 bridgehead atoms. The molecule has 0 aliphatic carbocycles. The molecular weight excluding hydrogens is 473 g/mol. The number of carbonyl (C=O) groups excluding carboxylic acids is 2. The Morgan fingerprint density at radius 3 is 2.44 bits per heavy atom. The van der Waals surface area contributed by atoms with Crippen LogP contribution in [-0.2, 0) is 16.9 Å². The van der Waals surface area contributed by atoms with Gasteiger partial charge in [0.15, 0.2) is 0 Å². The largest absolute Gasteiger partial charge is 0.408 e. The zero-order valence-corrected chi connectivity index (χ0v) is 20.9. The van der Waals surface area contributed by atoms with Crippen molar-refractivity contribution in [2.45, 2.75) is 59.8 Å².